The molecule has 1 atom stereocenters. The van der Waals surface area contributed by atoms with Gasteiger partial charge in [0.25, 0.3) is 5.91 Å². The summed E-state index contributed by atoms with van der Waals surface area (Å²) in [5, 5.41) is 6.83. The Morgan fingerprint density at radius 1 is 1.31 bits per heavy atom. The summed E-state index contributed by atoms with van der Waals surface area (Å²) in [6, 6.07) is 9.18. The number of rotatable bonds is 5. The highest BCUT2D eigenvalue weighted by Gasteiger charge is 2.29. The fourth-order valence-electron chi connectivity index (χ4n) is 2.40. The molecule has 1 unspecified atom stereocenters. The van der Waals surface area contributed by atoms with Crippen LogP contribution in [0.1, 0.15) is 29.1 Å². The van der Waals surface area contributed by atoms with Crippen molar-refractivity contribution in [1.82, 2.24) is 19.9 Å². The number of alkyl halides is 3. The third-order valence-corrected chi connectivity index (χ3v) is 3.55. The van der Waals surface area contributed by atoms with Gasteiger partial charge in [0.15, 0.2) is 12.3 Å². The molecule has 0 spiro atoms. The van der Waals surface area contributed by atoms with Gasteiger partial charge >= 0.3 is 6.18 Å². The number of nitrogens with one attached hydrogen (secondary N) is 1. The molecule has 1 amide bonds. The maximum atomic E-state index is 12.4. The molecule has 136 valence electrons. The van der Waals surface area contributed by atoms with Gasteiger partial charge in [0, 0.05) is 12.4 Å². The van der Waals surface area contributed by atoms with Crippen LogP contribution in [0.15, 0.2) is 48.8 Å². The standard InChI is InChI=1S/C17H15F3N4O2/c1-11(15-14(6-4-7-21-15)26-10-17(18,19)20)22-16(25)13-9-12-5-2-3-8-24(12)23-13/h2-9,11H,10H2,1H3,(H,22,25). The normalized spacial score (nSPS) is 12.8. The Hall–Kier alpha value is -3.10. The molecule has 0 fully saturated rings. The number of hydrogen-bond donors (Lipinski definition) is 1. The summed E-state index contributed by atoms with van der Waals surface area (Å²) in [5.74, 6) is -0.499. The lowest BCUT2D eigenvalue weighted by atomic mass is 10.2. The van der Waals surface area contributed by atoms with Crippen molar-refractivity contribution in [3.63, 3.8) is 0 Å². The first-order valence-electron chi connectivity index (χ1n) is 7.73. The summed E-state index contributed by atoms with van der Waals surface area (Å²) >= 11 is 0. The van der Waals surface area contributed by atoms with Crippen molar-refractivity contribution in [1.29, 1.82) is 0 Å². The lowest BCUT2D eigenvalue weighted by molar-refractivity contribution is -0.153. The van der Waals surface area contributed by atoms with Crippen LogP contribution in [0.3, 0.4) is 0 Å². The van der Waals surface area contributed by atoms with E-state index in [4.69, 9.17) is 4.74 Å². The van der Waals surface area contributed by atoms with Gasteiger partial charge in [-0.2, -0.15) is 18.3 Å². The fraction of sp³-hybridized carbons (Fsp3) is 0.235. The number of halogens is 3. The lowest BCUT2D eigenvalue weighted by Gasteiger charge is -2.17. The first-order chi connectivity index (χ1) is 12.3. The maximum absolute atomic E-state index is 12.4. The van der Waals surface area contributed by atoms with Gasteiger partial charge < -0.3 is 10.1 Å². The summed E-state index contributed by atoms with van der Waals surface area (Å²) in [6.45, 7) is 0.176. The van der Waals surface area contributed by atoms with Crippen LogP contribution >= 0.6 is 0 Å². The lowest BCUT2D eigenvalue weighted by Crippen LogP contribution is -2.28. The van der Waals surface area contributed by atoms with Crippen molar-refractivity contribution in [2.45, 2.75) is 19.1 Å². The number of pyridine rings is 2. The van der Waals surface area contributed by atoms with Crippen LogP contribution in [-0.2, 0) is 0 Å². The molecule has 0 bridgehead atoms. The average Bonchev–Trinajstić information content (AvgIpc) is 3.04. The molecular formula is C17H15F3N4O2. The molecule has 3 aromatic heterocycles. The van der Waals surface area contributed by atoms with Crippen molar-refractivity contribution >= 4 is 11.4 Å². The quantitative estimate of drug-likeness (QED) is 0.755. The first kappa shape index (κ1) is 17.7. The first-order valence-corrected chi connectivity index (χ1v) is 7.73. The number of amides is 1. The van der Waals surface area contributed by atoms with E-state index >= 15 is 0 Å². The minimum atomic E-state index is -4.46. The molecular weight excluding hydrogens is 349 g/mol. The van der Waals surface area contributed by atoms with Crippen LogP contribution in [0, 0.1) is 0 Å². The second kappa shape index (κ2) is 7.03. The Morgan fingerprint density at radius 2 is 2.12 bits per heavy atom. The highest BCUT2D eigenvalue weighted by molar-refractivity contribution is 5.93. The van der Waals surface area contributed by atoms with Gasteiger partial charge in [0.2, 0.25) is 0 Å². The Kier molecular flexibility index (Phi) is 4.79. The number of nitrogens with zero attached hydrogens (tertiary/aromatic N) is 3. The van der Waals surface area contributed by atoms with E-state index in [9.17, 15) is 18.0 Å². The van der Waals surface area contributed by atoms with Crippen molar-refractivity contribution in [2.24, 2.45) is 0 Å². The molecule has 0 aliphatic rings. The van der Waals surface area contributed by atoms with Crippen LogP contribution < -0.4 is 10.1 Å². The van der Waals surface area contributed by atoms with Crippen molar-refractivity contribution < 1.29 is 22.7 Å². The zero-order valence-electron chi connectivity index (χ0n) is 13.7. The predicted octanol–water partition coefficient (Wildman–Crippen LogP) is 3.16. The Labute approximate surface area is 146 Å². The zero-order chi connectivity index (χ0) is 18.7. The van der Waals surface area contributed by atoms with Crippen LogP contribution in [0.25, 0.3) is 5.52 Å². The number of hydrogen-bond acceptors (Lipinski definition) is 4. The molecule has 3 heterocycles. The molecule has 6 nitrogen and oxygen atoms in total. The summed E-state index contributed by atoms with van der Waals surface area (Å²) in [6.07, 6.45) is -1.34. The minimum Gasteiger partial charge on any atom is -0.482 e. The molecule has 1 N–H and O–H groups in total. The summed E-state index contributed by atoms with van der Waals surface area (Å²) < 4.78 is 43.5. The van der Waals surface area contributed by atoms with Crippen LogP contribution in [0.2, 0.25) is 0 Å². The highest BCUT2D eigenvalue weighted by Crippen LogP contribution is 2.25. The summed E-state index contributed by atoms with van der Waals surface area (Å²) in [7, 11) is 0. The van der Waals surface area contributed by atoms with E-state index in [1.54, 1.807) is 35.8 Å². The zero-order valence-corrected chi connectivity index (χ0v) is 13.7. The summed E-state index contributed by atoms with van der Waals surface area (Å²) in [4.78, 5) is 16.4. The molecule has 3 rings (SSSR count). The van der Waals surface area contributed by atoms with Crippen LogP contribution in [0.5, 0.6) is 5.75 Å². The van der Waals surface area contributed by atoms with Gasteiger partial charge in [-0.25, -0.2) is 4.52 Å². The second-order valence-electron chi connectivity index (χ2n) is 5.59. The van der Waals surface area contributed by atoms with E-state index in [0.717, 1.165) is 5.52 Å². The second-order valence-corrected chi connectivity index (χ2v) is 5.59. The molecule has 0 saturated heterocycles. The van der Waals surface area contributed by atoms with Gasteiger partial charge in [-0.15, -0.1) is 0 Å². The molecule has 0 aliphatic heterocycles. The van der Waals surface area contributed by atoms with Crippen molar-refractivity contribution in [3.05, 3.63) is 60.2 Å². The average molecular weight is 364 g/mol. The van der Waals surface area contributed by atoms with Crippen molar-refractivity contribution in [2.75, 3.05) is 6.61 Å². The van der Waals surface area contributed by atoms with E-state index < -0.39 is 24.7 Å². The van der Waals surface area contributed by atoms with E-state index in [1.807, 2.05) is 6.07 Å². The Morgan fingerprint density at radius 3 is 2.85 bits per heavy atom. The third-order valence-electron chi connectivity index (χ3n) is 3.55. The van der Waals surface area contributed by atoms with Gasteiger partial charge in [-0.1, -0.05) is 6.07 Å². The van der Waals surface area contributed by atoms with Crippen LogP contribution in [-0.4, -0.2) is 33.3 Å². The van der Waals surface area contributed by atoms with Crippen LogP contribution in [0.4, 0.5) is 13.2 Å². The number of ether oxygens (including phenoxy) is 1. The Balaban J connectivity index is 1.75. The molecule has 9 heteroatoms. The fourth-order valence-corrected chi connectivity index (χ4v) is 2.40. The highest BCUT2D eigenvalue weighted by atomic mass is 19.4. The molecule has 0 aromatic carbocycles. The van der Waals surface area contributed by atoms with E-state index in [1.165, 1.54) is 18.3 Å². The number of aromatic nitrogens is 3. The molecule has 0 radical (unpaired) electrons. The van der Waals surface area contributed by atoms with Gasteiger partial charge in [0.05, 0.1) is 11.6 Å². The van der Waals surface area contributed by atoms with E-state index in [0.29, 0.717) is 0 Å². The van der Waals surface area contributed by atoms with E-state index in [-0.39, 0.29) is 17.1 Å². The van der Waals surface area contributed by atoms with Gasteiger partial charge in [-0.3, -0.25) is 9.78 Å². The van der Waals surface area contributed by atoms with E-state index in [2.05, 4.69) is 15.4 Å². The number of carbonyl (C=O) groups is 1. The molecule has 3 aromatic rings. The number of fused-ring (bicyclic) bond motifs is 1. The predicted molar refractivity (Wildman–Crippen MR) is 86.9 cm³/mol. The molecule has 0 aliphatic carbocycles. The largest absolute Gasteiger partial charge is 0.482 e. The minimum absolute atomic E-state index is 0.0346. The van der Waals surface area contributed by atoms with Crippen molar-refractivity contribution in [3.8, 4) is 5.75 Å². The number of carbonyl (C=O) groups excluding carboxylic acids is 1. The SMILES string of the molecule is CC(NC(=O)c1cc2ccccn2n1)c1ncccc1OCC(F)(F)F. The molecule has 0 saturated carbocycles. The topological polar surface area (TPSA) is 68.5 Å². The van der Waals surface area contributed by atoms with Gasteiger partial charge in [0.1, 0.15) is 11.4 Å². The smallest absolute Gasteiger partial charge is 0.422 e. The molecule has 26 heavy (non-hydrogen) atoms. The third kappa shape index (κ3) is 4.11. The van der Waals surface area contributed by atoms with Gasteiger partial charge in [-0.05, 0) is 37.3 Å². The summed E-state index contributed by atoms with van der Waals surface area (Å²) in [5.41, 5.74) is 1.14. The Bertz CT molecular complexity index is 891. The monoisotopic (exact) mass is 364 g/mol. The maximum Gasteiger partial charge on any atom is 0.422 e.